The van der Waals surface area contributed by atoms with Crippen LogP contribution in [0.15, 0.2) is 23.7 Å². The SMILES string of the molecule is CCOC(=O)c1cnn(-c2nc(-c3ccc(Cl)s3)cs2)c1C. The van der Waals surface area contributed by atoms with Crippen LogP contribution in [0.3, 0.4) is 0 Å². The highest BCUT2D eigenvalue weighted by Gasteiger charge is 2.18. The molecule has 0 aliphatic heterocycles. The van der Waals surface area contributed by atoms with Crippen LogP contribution in [0.25, 0.3) is 15.7 Å². The van der Waals surface area contributed by atoms with Crippen LogP contribution in [0.1, 0.15) is 23.0 Å². The zero-order valence-electron chi connectivity index (χ0n) is 11.9. The lowest BCUT2D eigenvalue weighted by Gasteiger charge is -2.01. The predicted molar refractivity (Wildman–Crippen MR) is 88.3 cm³/mol. The molecular formula is C14H12ClN3O2S2. The van der Waals surface area contributed by atoms with Gasteiger partial charge < -0.3 is 4.74 Å². The fourth-order valence-electron chi connectivity index (χ4n) is 1.94. The molecule has 0 bridgehead atoms. The number of hydrogen-bond donors (Lipinski definition) is 0. The lowest BCUT2D eigenvalue weighted by Crippen LogP contribution is -2.06. The highest BCUT2D eigenvalue weighted by Crippen LogP contribution is 2.32. The van der Waals surface area contributed by atoms with E-state index in [1.165, 1.54) is 28.9 Å². The zero-order chi connectivity index (χ0) is 15.7. The number of carbonyl (C=O) groups excluding carboxylic acids is 1. The molecule has 22 heavy (non-hydrogen) atoms. The normalized spacial score (nSPS) is 10.9. The number of carbonyl (C=O) groups is 1. The number of aromatic nitrogens is 3. The second-order valence-electron chi connectivity index (χ2n) is 4.40. The average molecular weight is 354 g/mol. The molecule has 0 fully saturated rings. The minimum absolute atomic E-state index is 0.337. The largest absolute Gasteiger partial charge is 0.462 e. The first kappa shape index (κ1) is 15.2. The van der Waals surface area contributed by atoms with Gasteiger partial charge in [-0.05, 0) is 26.0 Å². The predicted octanol–water partition coefficient (Wildman–Crippen LogP) is 4.20. The van der Waals surface area contributed by atoms with E-state index in [0.29, 0.717) is 23.0 Å². The fourth-order valence-corrected chi connectivity index (χ4v) is 3.85. The summed E-state index contributed by atoms with van der Waals surface area (Å²) in [5.41, 5.74) is 2.02. The summed E-state index contributed by atoms with van der Waals surface area (Å²) >= 11 is 8.89. The Hall–Kier alpha value is -1.70. The monoisotopic (exact) mass is 353 g/mol. The first-order valence-corrected chi connectivity index (χ1v) is 8.61. The van der Waals surface area contributed by atoms with Gasteiger partial charge in [-0.1, -0.05) is 11.6 Å². The van der Waals surface area contributed by atoms with Crippen LogP contribution >= 0.6 is 34.3 Å². The van der Waals surface area contributed by atoms with E-state index in [9.17, 15) is 4.79 Å². The van der Waals surface area contributed by atoms with Crippen LogP contribution in [0, 0.1) is 6.92 Å². The van der Waals surface area contributed by atoms with Crippen LogP contribution in [0.5, 0.6) is 0 Å². The second kappa shape index (κ2) is 6.20. The molecule has 8 heteroatoms. The molecule has 5 nitrogen and oxygen atoms in total. The van der Waals surface area contributed by atoms with Crippen molar-refractivity contribution in [2.24, 2.45) is 0 Å². The number of thiophene rings is 1. The number of hydrogen-bond acceptors (Lipinski definition) is 6. The van der Waals surface area contributed by atoms with E-state index in [1.807, 2.05) is 24.4 Å². The maximum Gasteiger partial charge on any atom is 0.341 e. The van der Waals surface area contributed by atoms with Crippen molar-refractivity contribution in [3.05, 3.63) is 39.3 Å². The summed E-state index contributed by atoms with van der Waals surface area (Å²) in [4.78, 5) is 17.4. The Kier molecular flexibility index (Phi) is 4.28. The molecule has 0 unspecified atom stereocenters. The Morgan fingerprint density at radius 3 is 2.95 bits per heavy atom. The number of ether oxygens (including phenoxy) is 1. The Labute approximate surface area is 140 Å². The van der Waals surface area contributed by atoms with Crippen molar-refractivity contribution in [2.45, 2.75) is 13.8 Å². The van der Waals surface area contributed by atoms with Crippen molar-refractivity contribution >= 4 is 40.2 Å². The van der Waals surface area contributed by atoms with E-state index >= 15 is 0 Å². The highest BCUT2D eigenvalue weighted by atomic mass is 35.5. The van der Waals surface area contributed by atoms with E-state index in [4.69, 9.17) is 16.3 Å². The van der Waals surface area contributed by atoms with Crippen molar-refractivity contribution in [3.63, 3.8) is 0 Å². The lowest BCUT2D eigenvalue weighted by atomic mass is 10.3. The van der Waals surface area contributed by atoms with Gasteiger partial charge in [-0.15, -0.1) is 22.7 Å². The Morgan fingerprint density at radius 1 is 1.45 bits per heavy atom. The van der Waals surface area contributed by atoms with Gasteiger partial charge in [0.1, 0.15) is 5.56 Å². The van der Waals surface area contributed by atoms with Gasteiger partial charge in [0, 0.05) is 5.38 Å². The van der Waals surface area contributed by atoms with Crippen molar-refractivity contribution in [3.8, 4) is 15.7 Å². The molecule has 0 radical (unpaired) electrons. The molecule has 0 saturated carbocycles. The zero-order valence-corrected chi connectivity index (χ0v) is 14.3. The molecule has 0 aliphatic carbocycles. The third-order valence-electron chi connectivity index (χ3n) is 3.00. The quantitative estimate of drug-likeness (QED) is 0.660. The van der Waals surface area contributed by atoms with Crippen molar-refractivity contribution in [1.29, 1.82) is 0 Å². The molecule has 114 valence electrons. The van der Waals surface area contributed by atoms with Gasteiger partial charge in [0.05, 0.1) is 33.4 Å². The highest BCUT2D eigenvalue weighted by molar-refractivity contribution is 7.19. The Balaban J connectivity index is 1.92. The number of esters is 1. The molecule has 0 aromatic carbocycles. The number of halogens is 1. The average Bonchev–Trinajstić information content (AvgIpc) is 3.18. The van der Waals surface area contributed by atoms with Crippen LogP contribution in [-0.2, 0) is 4.74 Å². The molecule has 3 aromatic rings. The molecule has 0 aliphatic rings. The van der Waals surface area contributed by atoms with Crippen molar-refractivity contribution in [1.82, 2.24) is 14.8 Å². The third kappa shape index (κ3) is 2.79. The Morgan fingerprint density at radius 2 is 2.27 bits per heavy atom. The Bertz CT molecular complexity index is 822. The van der Waals surface area contributed by atoms with Crippen LogP contribution < -0.4 is 0 Å². The molecule has 0 N–H and O–H groups in total. The third-order valence-corrected chi connectivity index (χ3v) is 5.07. The molecular weight excluding hydrogens is 342 g/mol. The molecule has 0 saturated heterocycles. The topological polar surface area (TPSA) is 57.0 Å². The maximum atomic E-state index is 11.8. The van der Waals surface area contributed by atoms with Crippen LogP contribution in [0.2, 0.25) is 4.34 Å². The van der Waals surface area contributed by atoms with Gasteiger partial charge in [0.2, 0.25) is 5.13 Å². The molecule has 0 spiro atoms. The van der Waals surface area contributed by atoms with E-state index in [0.717, 1.165) is 14.9 Å². The summed E-state index contributed by atoms with van der Waals surface area (Å²) in [6.45, 7) is 3.93. The summed E-state index contributed by atoms with van der Waals surface area (Å²) in [6, 6.07) is 3.78. The van der Waals surface area contributed by atoms with Crippen LogP contribution in [0.4, 0.5) is 0 Å². The van der Waals surface area contributed by atoms with E-state index < -0.39 is 0 Å². The fraction of sp³-hybridized carbons (Fsp3) is 0.214. The number of thiazole rings is 1. The summed E-state index contributed by atoms with van der Waals surface area (Å²) in [7, 11) is 0. The smallest absolute Gasteiger partial charge is 0.341 e. The first-order chi connectivity index (χ1) is 10.6. The standard InChI is InChI=1S/C14H12ClN3O2S2/c1-3-20-13(19)9-6-16-18(8(9)2)14-17-10(7-21-14)11-4-5-12(15)22-11/h4-7H,3H2,1-2H3. The lowest BCUT2D eigenvalue weighted by molar-refractivity contribution is 0.0525. The van der Waals surface area contributed by atoms with Gasteiger partial charge in [-0.25, -0.2) is 14.5 Å². The van der Waals surface area contributed by atoms with Gasteiger partial charge in [-0.3, -0.25) is 0 Å². The van der Waals surface area contributed by atoms with Gasteiger partial charge >= 0.3 is 5.97 Å². The summed E-state index contributed by atoms with van der Waals surface area (Å²) < 4.78 is 7.39. The molecule has 3 heterocycles. The summed E-state index contributed by atoms with van der Waals surface area (Å²) in [5, 5.41) is 6.89. The van der Waals surface area contributed by atoms with E-state index in [1.54, 1.807) is 11.6 Å². The minimum Gasteiger partial charge on any atom is -0.462 e. The first-order valence-electron chi connectivity index (χ1n) is 6.53. The number of rotatable bonds is 4. The van der Waals surface area contributed by atoms with Gasteiger partial charge in [0.15, 0.2) is 0 Å². The number of nitrogens with zero attached hydrogens (tertiary/aromatic N) is 3. The van der Waals surface area contributed by atoms with Gasteiger partial charge in [0.25, 0.3) is 0 Å². The van der Waals surface area contributed by atoms with E-state index in [2.05, 4.69) is 10.1 Å². The molecule has 0 amide bonds. The summed E-state index contributed by atoms with van der Waals surface area (Å²) in [5.74, 6) is -0.368. The molecule has 3 aromatic heterocycles. The second-order valence-corrected chi connectivity index (χ2v) is 6.95. The van der Waals surface area contributed by atoms with Crippen LogP contribution in [-0.4, -0.2) is 27.3 Å². The van der Waals surface area contributed by atoms with Crippen molar-refractivity contribution < 1.29 is 9.53 Å². The molecule has 3 rings (SSSR count). The van der Waals surface area contributed by atoms with Crippen molar-refractivity contribution in [2.75, 3.05) is 6.61 Å². The van der Waals surface area contributed by atoms with E-state index in [-0.39, 0.29) is 5.97 Å². The summed E-state index contributed by atoms with van der Waals surface area (Å²) in [6.07, 6.45) is 1.51. The van der Waals surface area contributed by atoms with Gasteiger partial charge in [-0.2, -0.15) is 5.10 Å². The minimum atomic E-state index is -0.368. The molecule has 0 atom stereocenters. The maximum absolute atomic E-state index is 11.8.